The van der Waals surface area contributed by atoms with Crippen LogP contribution in [0.4, 0.5) is 0 Å². The number of carboxylic acids is 1. The van der Waals surface area contributed by atoms with Gasteiger partial charge in [0.25, 0.3) is 0 Å². The van der Waals surface area contributed by atoms with Gasteiger partial charge in [-0.3, -0.25) is 4.79 Å². The predicted octanol–water partition coefficient (Wildman–Crippen LogP) is 4.83. The fourth-order valence-corrected chi connectivity index (χ4v) is 2.70. The normalized spacial score (nSPS) is 12.2. The Hall–Kier alpha value is -1.85. The van der Waals surface area contributed by atoms with Crippen molar-refractivity contribution >= 4 is 21.9 Å². The maximum Gasteiger partial charge on any atom is 0.320 e. The zero-order valence-corrected chi connectivity index (χ0v) is 15.4. The van der Waals surface area contributed by atoms with Crippen LogP contribution in [0.25, 0.3) is 0 Å². The summed E-state index contributed by atoms with van der Waals surface area (Å²) in [5, 5.41) is 12.3. The number of hydrogen-bond donors (Lipinski definition) is 2. The summed E-state index contributed by atoms with van der Waals surface area (Å²) in [6, 6.07) is 14.8. The lowest BCUT2D eigenvalue weighted by molar-refractivity contribution is -0.140. The fraction of sp³-hybridized carbons (Fsp3) is 0.316. The van der Waals surface area contributed by atoms with Gasteiger partial charge in [0, 0.05) is 11.0 Å². The summed E-state index contributed by atoms with van der Waals surface area (Å²) < 4.78 is 6.75. The van der Waals surface area contributed by atoms with Crippen LogP contribution in [0.15, 0.2) is 53.0 Å². The molecule has 0 aliphatic heterocycles. The van der Waals surface area contributed by atoms with E-state index in [1.807, 2.05) is 62.4 Å². The van der Waals surface area contributed by atoms with E-state index in [0.717, 1.165) is 21.5 Å². The van der Waals surface area contributed by atoms with E-state index < -0.39 is 12.0 Å². The molecule has 2 rings (SSSR count). The molecule has 0 heterocycles. The molecule has 0 aliphatic rings. The van der Waals surface area contributed by atoms with Gasteiger partial charge < -0.3 is 15.2 Å². The van der Waals surface area contributed by atoms with Crippen molar-refractivity contribution in [2.75, 3.05) is 0 Å². The van der Waals surface area contributed by atoms with Crippen LogP contribution in [0.1, 0.15) is 25.8 Å². The first-order valence-electron chi connectivity index (χ1n) is 7.92. The minimum absolute atomic E-state index is 0.333. The van der Waals surface area contributed by atoms with Crippen LogP contribution in [0.2, 0.25) is 0 Å². The molecule has 2 N–H and O–H groups in total. The number of aliphatic carboxylic acids is 1. The smallest absolute Gasteiger partial charge is 0.320 e. The van der Waals surface area contributed by atoms with E-state index in [1.54, 1.807) is 0 Å². The zero-order valence-electron chi connectivity index (χ0n) is 13.8. The molecule has 0 fully saturated rings. The molecule has 0 bridgehead atoms. The van der Waals surface area contributed by atoms with Crippen LogP contribution >= 0.6 is 15.9 Å². The number of carboxylic acid groups (broad SMARTS) is 1. The molecular weight excluding hydrogens is 370 g/mol. The maximum atomic E-state index is 11.3. The van der Waals surface area contributed by atoms with Gasteiger partial charge in [-0.05, 0) is 48.2 Å². The quantitative estimate of drug-likeness (QED) is 0.676. The van der Waals surface area contributed by atoms with Gasteiger partial charge in [0.2, 0.25) is 0 Å². The van der Waals surface area contributed by atoms with Gasteiger partial charge in [-0.15, -0.1) is 0 Å². The molecule has 0 aromatic heterocycles. The summed E-state index contributed by atoms with van der Waals surface area (Å²) in [5.41, 5.74) is 1.02. The summed E-state index contributed by atoms with van der Waals surface area (Å²) in [5.74, 6) is 1.03. The summed E-state index contributed by atoms with van der Waals surface area (Å²) in [7, 11) is 0. The van der Waals surface area contributed by atoms with Gasteiger partial charge in [0.05, 0.1) is 0 Å². The standard InChI is InChI=1S/C19H22BrNO3/c1-13(2)10-18(19(22)23)21-12-14-6-8-16(9-7-14)24-17-5-3-4-15(20)11-17/h3-9,11,13,18,21H,10,12H2,1-2H3,(H,22,23). The fourth-order valence-electron chi connectivity index (χ4n) is 2.33. The van der Waals surface area contributed by atoms with Gasteiger partial charge in [-0.2, -0.15) is 0 Å². The third-order valence-corrected chi connectivity index (χ3v) is 4.01. The highest BCUT2D eigenvalue weighted by atomic mass is 79.9. The Morgan fingerprint density at radius 2 is 1.88 bits per heavy atom. The number of ether oxygens (including phenoxy) is 1. The highest BCUT2D eigenvalue weighted by Gasteiger charge is 2.17. The van der Waals surface area contributed by atoms with Crippen molar-refractivity contribution in [2.45, 2.75) is 32.9 Å². The minimum atomic E-state index is -0.807. The lowest BCUT2D eigenvalue weighted by Crippen LogP contribution is -2.37. The molecular formula is C19H22BrNO3. The number of hydrogen-bond acceptors (Lipinski definition) is 3. The van der Waals surface area contributed by atoms with Gasteiger partial charge >= 0.3 is 5.97 Å². The first-order valence-corrected chi connectivity index (χ1v) is 8.72. The van der Waals surface area contributed by atoms with Gasteiger partial charge in [0.1, 0.15) is 17.5 Å². The second-order valence-electron chi connectivity index (χ2n) is 6.10. The molecule has 1 atom stereocenters. The van der Waals surface area contributed by atoms with Gasteiger partial charge in [0.15, 0.2) is 0 Å². The third-order valence-electron chi connectivity index (χ3n) is 3.51. The van der Waals surface area contributed by atoms with E-state index >= 15 is 0 Å². The highest BCUT2D eigenvalue weighted by molar-refractivity contribution is 9.10. The zero-order chi connectivity index (χ0) is 17.5. The Bertz CT molecular complexity index is 671. The topological polar surface area (TPSA) is 58.6 Å². The first kappa shape index (κ1) is 18.5. The van der Waals surface area contributed by atoms with Crippen molar-refractivity contribution < 1.29 is 14.6 Å². The van der Waals surface area contributed by atoms with E-state index in [9.17, 15) is 9.90 Å². The molecule has 2 aromatic carbocycles. The van der Waals surface area contributed by atoms with Crippen molar-refractivity contribution in [1.29, 1.82) is 0 Å². The minimum Gasteiger partial charge on any atom is -0.480 e. The Morgan fingerprint density at radius 3 is 2.46 bits per heavy atom. The van der Waals surface area contributed by atoms with Gasteiger partial charge in [-0.1, -0.05) is 48.0 Å². The van der Waals surface area contributed by atoms with Crippen molar-refractivity contribution in [3.8, 4) is 11.5 Å². The molecule has 0 radical (unpaired) electrons. The second kappa shape index (κ2) is 8.85. The molecule has 0 spiro atoms. The van der Waals surface area contributed by atoms with E-state index in [0.29, 0.717) is 18.9 Å². The molecule has 0 saturated carbocycles. The van der Waals surface area contributed by atoms with Crippen LogP contribution in [-0.4, -0.2) is 17.1 Å². The highest BCUT2D eigenvalue weighted by Crippen LogP contribution is 2.24. The average molecular weight is 392 g/mol. The largest absolute Gasteiger partial charge is 0.480 e. The summed E-state index contributed by atoms with van der Waals surface area (Å²) in [4.78, 5) is 11.3. The molecule has 4 nitrogen and oxygen atoms in total. The maximum absolute atomic E-state index is 11.3. The van der Waals surface area contributed by atoms with Crippen LogP contribution < -0.4 is 10.1 Å². The van der Waals surface area contributed by atoms with E-state index in [4.69, 9.17) is 4.74 Å². The Balaban J connectivity index is 1.93. The monoisotopic (exact) mass is 391 g/mol. The molecule has 128 valence electrons. The Morgan fingerprint density at radius 1 is 1.17 bits per heavy atom. The average Bonchev–Trinajstić information content (AvgIpc) is 2.52. The van der Waals surface area contributed by atoms with E-state index in [2.05, 4.69) is 21.2 Å². The van der Waals surface area contributed by atoms with Crippen molar-refractivity contribution in [3.05, 3.63) is 58.6 Å². The summed E-state index contributed by atoms with van der Waals surface area (Å²) in [6.07, 6.45) is 0.611. The summed E-state index contributed by atoms with van der Waals surface area (Å²) >= 11 is 3.41. The second-order valence-corrected chi connectivity index (χ2v) is 7.02. The number of nitrogens with one attached hydrogen (secondary N) is 1. The van der Waals surface area contributed by atoms with Gasteiger partial charge in [-0.25, -0.2) is 0 Å². The summed E-state index contributed by atoms with van der Waals surface area (Å²) in [6.45, 7) is 4.55. The number of carbonyl (C=O) groups is 1. The molecule has 24 heavy (non-hydrogen) atoms. The Kier molecular flexibility index (Phi) is 6.82. The van der Waals surface area contributed by atoms with Crippen molar-refractivity contribution in [3.63, 3.8) is 0 Å². The molecule has 5 heteroatoms. The van der Waals surface area contributed by atoms with Crippen LogP contribution in [0, 0.1) is 5.92 Å². The Labute approximate surface area is 151 Å². The lowest BCUT2D eigenvalue weighted by Gasteiger charge is -2.16. The lowest BCUT2D eigenvalue weighted by atomic mass is 10.0. The molecule has 0 saturated heterocycles. The van der Waals surface area contributed by atoms with Crippen molar-refractivity contribution in [2.24, 2.45) is 5.92 Å². The number of benzene rings is 2. The molecule has 0 aliphatic carbocycles. The molecule has 1 unspecified atom stereocenters. The predicted molar refractivity (Wildman–Crippen MR) is 98.4 cm³/mol. The van der Waals surface area contributed by atoms with Crippen LogP contribution in [-0.2, 0) is 11.3 Å². The van der Waals surface area contributed by atoms with Crippen LogP contribution in [0.3, 0.4) is 0 Å². The molecule has 2 aromatic rings. The van der Waals surface area contributed by atoms with E-state index in [1.165, 1.54) is 0 Å². The number of rotatable bonds is 8. The SMILES string of the molecule is CC(C)CC(NCc1ccc(Oc2cccc(Br)c2)cc1)C(=O)O. The molecule has 0 amide bonds. The first-order chi connectivity index (χ1) is 11.4. The van der Waals surface area contributed by atoms with Crippen molar-refractivity contribution in [1.82, 2.24) is 5.32 Å². The van der Waals surface area contributed by atoms with Crippen LogP contribution in [0.5, 0.6) is 11.5 Å². The number of halogens is 1. The van der Waals surface area contributed by atoms with E-state index in [-0.39, 0.29) is 0 Å². The third kappa shape index (κ3) is 5.98.